The van der Waals surface area contributed by atoms with Crippen LogP contribution in [0.25, 0.3) is 10.9 Å². The number of carbonyl (C=O) groups is 2. The van der Waals surface area contributed by atoms with Gasteiger partial charge in [-0.2, -0.15) is 4.57 Å². The van der Waals surface area contributed by atoms with Gasteiger partial charge < -0.3 is 38.5 Å². The summed E-state index contributed by atoms with van der Waals surface area (Å²) in [5, 5.41) is 0.769. The van der Waals surface area contributed by atoms with E-state index in [2.05, 4.69) is 0 Å². The van der Waals surface area contributed by atoms with Gasteiger partial charge in [0.25, 0.3) is 5.91 Å². The summed E-state index contributed by atoms with van der Waals surface area (Å²) in [6.45, 7) is 3.81. The molecule has 0 fully saturated rings. The quantitative estimate of drug-likeness (QED) is 0.432. The standard InChI is InChI=1S/C18H24N3O3.HI/c1-11-15(17(22)19(3)4)12(2)21(7)13-9-8-10-14(16(11)13)24-18(23)20(5)6;/h8-10H,1-7H3;1H/q+1;/p-1. The summed E-state index contributed by atoms with van der Waals surface area (Å²) in [5.41, 5.74) is 3.21. The molecule has 0 aliphatic carbocycles. The van der Waals surface area contributed by atoms with E-state index in [1.807, 2.05) is 37.6 Å². The van der Waals surface area contributed by atoms with Gasteiger partial charge in [0, 0.05) is 41.2 Å². The fourth-order valence-corrected chi connectivity index (χ4v) is 2.73. The molecule has 2 aromatic rings. The topological polar surface area (TPSA) is 53.7 Å². The lowest BCUT2D eigenvalue weighted by atomic mass is 9.99. The fourth-order valence-electron chi connectivity index (χ4n) is 2.73. The number of hydrogen-bond donors (Lipinski definition) is 0. The van der Waals surface area contributed by atoms with Gasteiger partial charge in [0.1, 0.15) is 18.4 Å². The number of pyridine rings is 1. The van der Waals surface area contributed by atoms with Gasteiger partial charge >= 0.3 is 6.09 Å². The van der Waals surface area contributed by atoms with E-state index in [0.29, 0.717) is 11.3 Å². The molecule has 25 heavy (non-hydrogen) atoms. The summed E-state index contributed by atoms with van der Waals surface area (Å²) < 4.78 is 7.46. The molecule has 2 amide bonds. The number of aryl methyl sites for hydroxylation is 2. The SMILES string of the molecule is Cc1c(C(=O)N(C)C)c(C)[n+](C)c2cccc(OC(=O)N(C)C)c12.[I-]. The Hall–Kier alpha value is -1.90. The van der Waals surface area contributed by atoms with Crippen LogP contribution in [0.2, 0.25) is 0 Å². The zero-order chi connectivity index (χ0) is 18.2. The van der Waals surface area contributed by atoms with Crippen LogP contribution in [0.5, 0.6) is 5.75 Å². The molecule has 0 saturated carbocycles. The lowest BCUT2D eigenvalue weighted by Gasteiger charge is -2.17. The van der Waals surface area contributed by atoms with Crippen molar-refractivity contribution in [1.29, 1.82) is 0 Å². The maximum Gasteiger partial charge on any atom is 0.414 e. The van der Waals surface area contributed by atoms with Crippen LogP contribution in [0.1, 0.15) is 21.6 Å². The molecular weight excluding hydrogens is 433 g/mol. The number of hydrogen-bond acceptors (Lipinski definition) is 3. The Labute approximate surface area is 165 Å². The highest BCUT2D eigenvalue weighted by atomic mass is 127. The van der Waals surface area contributed by atoms with Crippen molar-refractivity contribution in [1.82, 2.24) is 9.80 Å². The maximum absolute atomic E-state index is 12.6. The predicted molar refractivity (Wildman–Crippen MR) is 92.3 cm³/mol. The highest BCUT2D eigenvalue weighted by Crippen LogP contribution is 2.30. The number of nitrogens with zero attached hydrogens (tertiary/aromatic N) is 3. The molecule has 6 nitrogen and oxygen atoms in total. The van der Waals surface area contributed by atoms with Gasteiger partial charge in [0.15, 0.2) is 5.69 Å². The molecule has 1 aromatic heterocycles. The molecule has 1 heterocycles. The Kier molecular flexibility index (Phi) is 6.75. The Morgan fingerprint density at radius 1 is 1.04 bits per heavy atom. The van der Waals surface area contributed by atoms with Crippen molar-refractivity contribution in [3.05, 3.63) is 35.0 Å². The van der Waals surface area contributed by atoms with E-state index in [0.717, 1.165) is 22.2 Å². The van der Waals surface area contributed by atoms with Crippen molar-refractivity contribution >= 4 is 22.9 Å². The molecule has 0 N–H and O–H groups in total. The van der Waals surface area contributed by atoms with Gasteiger partial charge in [0.2, 0.25) is 5.52 Å². The summed E-state index contributed by atoms with van der Waals surface area (Å²) in [6, 6.07) is 5.54. The van der Waals surface area contributed by atoms with Crippen molar-refractivity contribution in [3.63, 3.8) is 0 Å². The van der Waals surface area contributed by atoms with E-state index in [1.54, 1.807) is 39.2 Å². The van der Waals surface area contributed by atoms with Gasteiger partial charge in [-0.05, 0) is 18.6 Å². The molecule has 0 radical (unpaired) electrons. The second-order valence-corrected chi connectivity index (χ2v) is 6.26. The number of fused-ring (bicyclic) bond motifs is 1. The van der Waals surface area contributed by atoms with E-state index in [9.17, 15) is 9.59 Å². The normalized spacial score (nSPS) is 10.2. The first kappa shape index (κ1) is 21.1. The van der Waals surface area contributed by atoms with E-state index in [-0.39, 0.29) is 29.9 Å². The minimum Gasteiger partial charge on any atom is -1.00 e. The first-order valence-electron chi connectivity index (χ1n) is 7.69. The molecular formula is C18H24IN3O3. The number of amides is 2. The number of carbonyl (C=O) groups excluding carboxylic acids is 2. The fraction of sp³-hybridized carbons (Fsp3) is 0.389. The summed E-state index contributed by atoms with van der Waals surface area (Å²) in [6.07, 6.45) is -0.453. The Morgan fingerprint density at radius 3 is 2.16 bits per heavy atom. The molecule has 0 unspecified atom stereocenters. The Morgan fingerprint density at radius 2 is 1.64 bits per heavy atom. The lowest BCUT2D eigenvalue weighted by molar-refractivity contribution is -0.651. The van der Waals surface area contributed by atoms with Crippen LogP contribution in [-0.2, 0) is 7.05 Å². The third-order valence-corrected chi connectivity index (χ3v) is 4.16. The number of halogens is 1. The molecule has 0 saturated heterocycles. The maximum atomic E-state index is 12.6. The van der Waals surface area contributed by atoms with E-state index in [4.69, 9.17) is 4.74 Å². The second-order valence-electron chi connectivity index (χ2n) is 6.26. The Balaban J connectivity index is 0.00000312. The number of benzene rings is 1. The summed E-state index contributed by atoms with van der Waals surface area (Å²) in [5.74, 6) is 0.378. The predicted octanol–water partition coefficient (Wildman–Crippen LogP) is -0.953. The van der Waals surface area contributed by atoms with Crippen molar-refractivity contribution in [3.8, 4) is 5.75 Å². The summed E-state index contributed by atoms with van der Waals surface area (Å²) in [4.78, 5) is 27.5. The average Bonchev–Trinajstić information content (AvgIpc) is 2.52. The molecule has 7 heteroatoms. The van der Waals surface area contributed by atoms with Crippen LogP contribution >= 0.6 is 0 Å². The second kappa shape index (κ2) is 7.99. The molecule has 0 spiro atoms. The monoisotopic (exact) mass is 457 g/mol. The highest BCUT2D eigenvalue weighted by molar-refractivity contribution is 6.01. The smallest absolute Gasteiger partial charge is 0.414 e. The first-order chi connectivity index (χ1) is 11.2. The van der Waals surface area contributed by atoms with Crippen molar-refractivity contribution in [2.75, 3.05) is 28.2 Å². The minimum absolute atomic E-state index is 0. The number of rotatable bonds is 2. The van der Waals surface area contributed by atoms with Gasteiger partial charge in [-0.25, -0.2) is 4.79 Å². The molecule has 2 rings (SSSR count). The van der Waals surface area contributed by atoms with Gasteiger partial charge in [-0.15, -0.1) is 0 Å². The number of aromatic nitrogens is 1. The lowest BCUT2D eigenvalue weighted by Crippen LogP contribution is -3.00. The zero-order valence-corrected chi connectivity index (χ0v) is 17.8. The van der Waals surface area contributed by atoms with E-state index < -0.39 is 6.09 Å². The molecule has 0 aliphatic heterocycles. The van der Waals surface area contributed by atoms with Gasteiger partial charge in [0.05, 0.1) is 5.39 Å². The molecule has 0 atom stereocenters. The van der Waals surface area contributed by atoms with E-state index in [1.165, 1.54) is 4.90 Å². The zero-order valence-electron chi connectivity index (χ0n) is 15.7. The highest BCUT2D eigenvalue weighted by Gasteiger charge is 2.27. The van der Waals surface area contributed by atoms with E-state index >= 15 is 0 Å². The third-order valence-electron chi connectivity index (χ3n) is 4.16. The van der Waals surface area contributed by atoms with Crippen molar-refractivity contribution in [2.45, 2.75) is 13.8 Å². The van der Waals surface area contributed by atoms with Gasteiger partial charge in [-0.3, -0.25) is 4.79 Å². The van der Waals surface area contributed by atoms with Crippen molar-refractivity contribution < 1.29 is 42.9 Å². The van der Waals surface area contributed by atoms with Crippen LogP contribution in [0, 0.1) is 13.8 Å². The van der Waals surface area contributed by atoms with Crippen LogP contribution in [-0.4, -0.2) is 50.0 Å². The first-order valence-corrected chi connectivity index (χ1v) is 7.69. The largest absolute Gasteiger partial charge is 1.00 e. The van der Waals surface area contributed by atoms with Crippen LogP contribution in [0.15, 0.2) is 18.2 Å². The molecule has 136 valence electrons. The van der Waals surface area contributed by atoms with Gasteiger partial charge in [-0.1, -0.05) is 6.07 Å². The average molecular weight is 457 g/mol. The summed E-state index contributed by atoms with van der Waals surface area (Å²) >= 11 is 0. The van der Waals surface area contributed by atoms with Crippen molar-refractivity contribution in [2.24, 2.45) is 7.05 Å². The van der Waals surface area contributed by atoms with Crippen LogP contribution in [0.4, 0.5) is 4.79 Å². The Bertz CT molecular complexity index is 832. The summed E-state index contributed by atoms with van der Waals surface area (Å²) in [7, 11) is 8.62. The van der Waals surface area contributed by atoms with Crippen LogP contribution < -0.4 is 33.3 Å². The number of ether oxygens (including phenoxy) is 1. The molecule has 0 aliphatic rings. The molecule has 1 aromatic carbocycles. The minimum atomic E-state index is -0.453. The van der Waals surface area contributed by atoms with Crippen LogP contribution in [0.3, 0.4) is 0 Å². The third kappa shape index (κ3) is 3.86. The molecule has 0 bridgehead atoms.